The molecule has 12 heteroatoms. The highest BCUT2D eigenvalue weighted by Crippen LogP contribution is 2.22. The van der Waals surface area contributed by atoms with Gasteiger partial charge in [-0.15, -0.1) is 0 Å². The van der Waals surface area contributed by atoms with Crippen LogP contribution in [0.15, 0.2) is 12.4 Å². The number of ether oxygens (including phenoxy) is 2. The molecule has 1 heterocycles. The summed E-state index contributed by atoms with van der Waals surface area (Å²) in [5, 5.41) is 12.6. The summed E-state index contributed by atoms with van der Waals surface area (Å²) in [6.45, 7) is 15.0. The number of carboxylic acid groups (broad SMARTS) is 1. The fourth-order valence-electron chi connectivity index (χ4n) is 5.09. The summed E-state index contributed by atoms with van der Waals surface area (Å²) in [5.74, 6) is -1.91. The highest BCUT2D eigenvalue weighted by Gasteiger charge is 2.31. The summed E-state index contributed by atoms with van der Waals surface area (Å²) < 4.78 is 12.9. The Morgan fingerprint density at radius 1 is 0.978 bits per heavy atom. The van der Waals surface area contributed by atoms with Gasteiger partial charge in [-0.05, 0) is 79.7 Å². The fourth-order valence-corrected chi connectivity index (χ4v) is 5.09. The Kier molecular flexibility index (Phi) is 16.8. The third kappa shape index (κ3) is 15.7. The Hall–Kier alpha value is -2.99. The minimum Gasteiger partial charge on any atom is -0.480 e. The number of amides is 1. The number of carbonyl (C=O) groups is 4. The van der Waals surface area contributed by atoms with Crippen LogP contribution in [-0.2, 0) is 41.6 Å². The number of unbranched alkanes of at least 4 members (excludes halogenated alkanes) is 3. The number of nitrogens with two attached hydrogens (primary N) is 1. The van der Waals surface area contributed by atoms with Crippen LogP contribution in [0.5, 0.6) is 0 Å². The third-order valence-corrected chi connectivity index (χ3v) is 7.90. The summed E-state index contributed by atoms with van der Waals surface area (Å²) in [6.07, 6.45) is 11.1. The quantitative estimate of drug-likeness (QED) is 0.124. The predicted molar refractivity (Wildman–Crippen MR) is 173 cm³/mol. The normalized spacial score (nSPS) is 12.9. The molecule has 1 aromatic rings. The molecule has 0 saturated carbocycles. The molecule has 258 valence electrons. The number of nitrogens with one attached hydrogen (secondary N) is 1. The second kappa shape index (κ2) is 18.9. The molecule has 4 N–H and O–H groups in total. The van der Waals surface area contributed by atoms with Crippen LogP contribution in [-0.4, -0.2) is 85.8 Å². The van der Waals surface area contributed by atoms with Crippen molar-refractivity contribution < 1.29 is 33.8 Å². The van der Waals surface area contributed by atoms with Crippen LogP contribution in [0.2, 0.25) is 0 Å². The van der Waals surface area contributed by atoms with Gasteiger partial charge in [0.05, 0.1) is 0 Å². The van der Waals surface area contributed by atoms with E-state index in [4.69, 9.17) is 20.3 Å². The zero-order valence-electron chi connectivity index (χ0n) is 28.9. The SMILES string of the molecule is CCCCCC(C)(C)OC(=O)CN(CC(=O)OC(C)(C)C)C(=O)Cn1ccnc1CC(CC)(CC)NCCCCC(N)C(=O)O. The number of carboxylic acids is 1. The second-order valence-corrected chi connectivity index (χ2v) is 13.5. The van der Waals surface area contributed by atoms with Crippen LogP contribution >= 0.6 is 0 Å². The van der Waals surface area contributed by atoms with Crippen LogP contribution in [0.25, 0.3) is 0 Å². The lowest BCUT2D eigenvalue weighted by Gasteiger charge is -2.33. The molecule has 1 atom stereocenters. The zero-order valence-corrected chi connectivity index (χ0v) is 28.9. The highest BCUT2D eigenvalue weighted by atomic mass is 16.6. The number of aromatic nitrogens is 2. The molecule has 45 heavy (non-hydrogen) atoms. The van der Waals surface area contributed by atoms with Gasteiger partial charge >= 0.3 is 17.9 Å². The number of aliphatic carboxylic acids is 1. The standard InChI is InChI=1S/C33H59N5O7/c1-9-12-14-17-32(7,8)45-29(41)24-38(23-28(40)44-31(4,5)6)27(39)22-37-20-19-35-26(37)21-33(10-2,11-3)36-18-15-13-16-25(34)30(42)43/h19-20,25,36H,9-18,21-24,34H2,1-8H3,(H,42,43). The first-order valence-corrected chi connectivity index (χ1v) is 16.4. The number of carbonyl (C=O) groups excluding carboxylic acids is 3. The van der Waals surface area contributed by atoms with Gasteiger partial charge < -0.3 is 35.1 Å². The van der Waals surface area contributed by atoms with E-state index in [9.17, 15) is 19.2 Å². The largest absolute Gasteiger partial charge is 0.480 e. The molecule has 0 bridgehead atoms. The third-order valence-electron chi connectivity index (χ3n) is 7.90. The predicted octanol–water partition coefficient (Wildman–Crippen LogP) is 4.23. The summed E-state index contributed by atoms with van der Waals surface area (Å²) in [4.78, 5) is 56.1. The van der Waals surface area contributed by atoms with E-state index in [1.165, 1.54) is 4.90 Å². The van der Waals surface area contributed by atoms with E-state index in [1.807, 2.05) is 13.8 Å². The van der Waals surface area contributed by atoms with Crippen LogP contribution in [0.3, 0.4) is 0 Å². The van der Waals surface area contributed by atoms with Crippen molar-refractivity contribution in [3.05, 3.63) is 18.2 Å². The molecule has 1 amide bonds. The maximum Gasteiger partial charge on any atom is 0.326 e. The lowest BCUT2D eigenvalue weighted by Crippen LogP contribution is -2.47. The number of imidazole rings is 1. The molecule has 0 spiro atoms. The first kappa shape index (κ1) is 40.0. The average Bonchev–Trinajstić information content (AvgIpc) is 3.36. The molecular weight excluding hydrogens is 578 g/mol. The highest BCUT2D eigenvalue weighted by molar-refractivity contribution is 5.86. The van der Waals surface area contributed by atoms with Gasteiger partial charge in [0, 0.05) is 24.4 Å². The van der Waals surface area contributed by atoms with Crippen LogP contribution < -0.4 is 11.1 Å². The van der Waals surface area contributed by atoms with Crippen LogP contribution in [0, 0.1) is 0 Å². The minimum absolute atomic E-state index is 0.109. The van der Waals surface area contributed by atoms with Crippen molar-refractivity contribution >= 4 is 23.8 Å². The number of esters is 2. The summed E-state index contributed by atoms with van der Waals surface area (Å²) in [6, 6.07) is -0.855. The lowest BCUT2D eigenvalue weighted by molar-refractivity contribution is -0.165. The molecule has 0 radical (unpaired) electrons. The van der Waals surface area contributed by atoms with Gasteiger partial charge in [-0.25, -0.2) is 4.98 Å². The second-order valence-electron chi connectivity index (χ2n) is 13.5. The molecule has 0 saturated heterocycles. The monoisotopic (exact) mass is 637 g/mol. The molecule has 1 aromatic heterocycles. The van der Waals surface area contributed by atoms with E-state index >= 15 is 0 Å². The van der Waals surface area contributed by atoms with E-state index in [2.05, 4.69) is 31.1 Å². The number of hydrogen-bond acceptors (Lipinski definition) is 9. The molecule has 1 rings (SSSR count). The van der Waals surface area contributed by atoms with E-state index in [1.54, 1.807) is 37.7 Å². The Morgan fingerprint density at radius 3 is 2.16 bits per heavy atom. The first-order valence-electron chi connectivity index (χ1n) is 16.4. The number of rotatable bonds is 22. The van der Waals surface area contributed by atoms with E-state index in [0.717, 1.165) is 38.5 Å². The molecule has 0 fully saturated rings. The molecule has 12 nitrogen and oxygen atoms in total. The van der Waals surface area contributed by atoms with Crippen LogP contribution in [0.4, 0.5) is 0 Å². The van der Waals surface area contributed by atoms with Gasteiger partial charge in [0.2, 0.25) is 5.91 Å². The van der Waals surface area contributed by atoms with Crippen LogP contribution in [0.1, 0.15) is 119 Å². The van der Waals surface area contributed by atoms with E-state index in [0.29, 0.717) is 38.1 Å². The van der Waals surface area contributed by atoms with E-state index < -0.39 is 41.1 Å². The number of hydrogen-bond donors (Lipinski definition) is 3. The molecule has 0 aliphatic rings. The average molecular weight is 638 g/mol. The van der Waals surface area contributed by atoms with Crippen molar-refractivity contribution in [2.24, 2.45) is 5.73 Å². The Bertz CT molecular complexity index is 1080. The van der Waals surface area contributed by atoms with Gasteiger partial charge in [0.1, 0.15) is 42.7 Å². The maximum atomic E-state index is 13.6. The molecular formula is C33H59N5O7. The van der Waals surface area contributed by atoms with Crippen molar-refractivity contribution in [1.29, 1.82) is 0 Å². The minimum atomic E-state index is -0.992. The summed E-state index contributed by atoms with van der Waals surface area (Å²) >= 11 is 0. The first-order chi connectivity index (χ1) is 21.0. The Balaban J connectivity index is 3.02. The Labute approximate surface area is 269 Å². The van der Waals surface area contributed by atoms with Gasteiger partial charge in [0.15, 0.2) is 0 Å². The molecule has 0 aromatic carbocycles. The van der Waals surface area contributed by atoms with Crippen molar-refractivity contribution in [2.45, 2.75) is 149 Å². The molecule has 0 aliphatic heterocycles. The molecule has 0 aliphatic carbocycles. The summed E-state index contributed by atoms with van der Waals surface area (Å²) in [7, 11) is 0. The van der Waals surface area contributed by atoms with Gasteiger partial charge in [-0.1, -0.05) is 40.0 Å². The number of nitrogens with zero attached hydrogens (tertiary/aromatic N) is 3. The smallest absolute Gasteiger partial charge is 0.326 e. The van der Waals surface area contributed by atoms with Crippen molar-refractivity contribution in [3.63, 3.8) is 0 Å². The van der Waals surface area contributed by atoms with E-state index in [-0.39, 0.29) is 25.2 Å². The van der Waals surface area contributed by atoms with Crippen molar-refractivity contribution in [3.8, 4) is 0 Å². The van der Waals surface area contributed by atoms with Gasteiger partial charge in [0.25, 0.3) is 0 Å². The summed E-state index contributed by atoms with van der Waals surface area (Å²) in [5.41, 5.74) is 3.90. The molecule has 1 unspecified atom stereocenters. The van der Waals surface area contributed by atoms with Crippen molar-refractivity contribution in [2.75, 3.05) is 19.6 Å². The Morgan fingerprint density at radius 2 is 1.60 bits per heavy atom. The van der Waals surface area contributed by atoms with Crippen molar-refractivity contribution in [1.82, 2.24) is 19.8 Å². The van der Waals surface area contributed by atoms with Gasteiger partial charge in [-0.2, -0.15) is 0 Å². The lowest BCUT2D eigenvalue weighted by atomic mass is 9.88. The topological polar surface area (TPSA) is 166 Å². The maximum absolute atomic E-state index is 13.6. The fraction of sp³-hybridized carbons (Fsp3) is 0.788. The van der Waals surface area contributed by atoms with Gasteiger partial charge in [-0.3, -0.25) is 19.2 Å². The zero-order chi connectivity index (χ0) is 34.3.